The molecule has 0 heterocycles. The molecular weight excluding hydrogens is 825 g/mol. The van der Waals surface area contributed by atoms with Gasteiger partial charge in [0.05, 0.1) is 44.5 Å². The monoisotopic (exact) mass is 884 g/mol. The molecule has 0 fully saturated rings. The van der Waals surface area contributed by atoms with Crippen LogP contribution in [0.4, 0.5) is 0 Å². The molecule has 0 radical (unpaired) electrons. The summed E-state index contributed by atoms with van der Waals surface area (Å²) in [6.07, 6.45) is 6.16. The number of hydrogen-bond donors (Lipinski definition) is 2. The molecule has 7 rings (SSSR count). The number of fused-ring (bicyclic) bond motifs is 8. The fourth-order valence-corrected chi connectivity index (χ4v) is 7.98. The second-order valence-electron chi connectivity index (χ2n) is 21.5. The molecule has 8 bridgehead atoms. The Kier molecular flexibility index (Phi) is 12.3. The van der Waals surface area contributed by atoms with Crippen molar-refractivity contribution in [3.05, 3.63) is 193 Å². The van der Waals surface area contributed by atoms with Crippen LogP contribution in [0.1, 0.15) is 137 Å². The van der Waals surface area contributed by atoms with E-state index >= 15 is 9.59 Å². The minimum atomic E-state index is -0.812. The molecule has 0 amide bonds. The highest BCUT2D eigenvalue weighted by atomic mass is 16.5. The molecule has 340 valence electrons. The fraction of sp³-hybridized carbons (Fsp3) is 0.310. The van der Waals surface area contributed by atoms with Crippen LogP contribution in [-0.4, -0.2) is 33.3 Å². The Hall–Kier alpha value is -6.80. The van der Waals surface area contributed by atoms with Crippen LogP contribution in [0.15, 0.2) is 148 Å². The summed E-state index contributed by atoms with van der Waals surface area (Å²) >= 11 is 0. The van der Waals surface area contributed by atoms with Crippen LogP contribution in [0.2, 0.25) is 0 Å². The SMILES string of the molecule is CC(C)(C)C1=CC2=C(O)C3=CC(C(C)(C)C)=CC(=C(O)c4cc(C(C)(C)C)cc(c4OCc4ccccc4)C(=O)c4cc(C(C)(C)C)cc(c4OCc4ccccc4)C(=O)C(=C1)C2=O)C3=O. The Bertz CT molecular complexity index is 2880. The highest BCUT2D eigenvalue weighted by Crippen LogP contribution is 2.45. The molecule has 0 aliphatic heterocycles. The molecule has 0 saturated carbocycles. The number of hydrogen-bond acceptors (Lipinski definition) is 8. The third-order valence-corrected chi connectivity index (χ3v) is 12.3. The lowest BCUT2D eigenvalue weighted by molar-refractivity contribution is -0.112. The van der Waals surface area contributed by atoms with Gasteiger partial charge < -0.3 is 19.7 Å². The van der Waals surface area contributed by atoms with E-state index in [-0.39, 0.29) is 69.3 Å². The minimum Gasteiger partial charge on any atom is -0.506 e. The van der Waals surface area contributed by atoms with Crippen molar-refractivity contribution < 1.29 is 38.9 Å². The van der Waals surface area contributed by atoms with Gasteiger partial charge in [-0.3, -0.25) is 19.2 Å². The van der Waals surface area contributed by atoms with Gasteiger partial charge in [0.1, 0.15) is 36.2 Å². The lowest BCUT2D eigenvalue weighted by Gasteiger charge is -2.29. The molecule has 0 spiro atoms. The number of allylic oxidation sites excluding steroid dienone is 10. The maximum atomic E-state index is 16.0. The van der Waals surface area contributed by atoms with Gasteiger partial charge in [-0.05, 0) is 104 Å². The van der Waals surface area contributed by atoms with E-state index in [1.54, 1.807) is 30.3 Å². The van der Waals surface area contributed by atoms with Crippen molar-refractivity contribution >= 4 is 28.9 Å². The summed E-state index contributed by atoms with van der Waals surface area (Å²) in [5.74, 6) is -4.04. The molecule has 0 atom stereocenters. The summed E-state index contributed by atoms with van der Waals surface area (Å²) in [5, 5.41) is 25.2. The zero-order valence-electron chi connectivity index (χ0n) is 40.2. The average Bonchev–Trinajstić information content (AvgIpc) is 3.25. The van der Waals surface area contributed by atoms with Crippen molar-refractivity contribution in [3.8, 4) is 11.5 Å². The molecule has 4 aromatic rings. The third kappa shape index (κ3) is 9.32. The van der Waals surface area contributed by atoms with Crippen LogP contribution >= 0.6 is 0 Å². The lowest BCUT2D eigenvalue weighted by Crippen LogP contribution is -2.26. The number of carbonyl (C=O) groups excluding carboxylic acids is 4. The molecule has 0 unspecified atom stereocenters. The maximum absolute atomic E-state index is 16.0. The Morgan fingerprint density at radius 2 is 0.773 bits per heavy atom. The molecule has 0 saturated heterocycles. The molecule has 8 heteroatoms. The summed E-state index contributed by atoms with van der Waals surface area (Å²) in [5.41, 5.74) is 0.600. The van der Waals surface area contributed by atoms with Gasteiger partial charge in [-0.1, -0.05) is 144 Å². The summed E-state index contributed by atoms with van der Waals surface area (Å²) in [6.45, 7) is 23.3. The second-order valence-corrected chi connectivity index (χ2v) is 21.5. The molecule has 3 aliphatic rings. The Morgan fingerprint density at radius 1 is 0.409 bits per heavy atom. The van der Waals surface area contributed by atoms with E-state index in [9.17, 15) is 19.8 Å². The number of ether oxygens (including phenoxy) is 2. The minimum absolute atomic E-state index is 0.00157. The first-order valence-electron chi connectivity index (χ1n) is 22.4. The van der Waals surface area contributed by atoms with E-state index in [1.807, 2.05) is 144 Å². The first kappa shape index (κ1) is 47.2. The number of benzene rings is 4. The predicted octanol–water partition coefficient (Wildman–Crippen LogP) is 12.9. The smallest absolute Gasteiger partial charge is 0.200 e. The molecular formula is C58H60O8. The second kappa shape index (κ2) is 17.2. The van der Waals surface area contributed by atoms with Crippen molar-refractivity contribution in [2.24, 2.45) is 10.8 Å². The van der Waals surface area contributed by atoms with E-state index in [0.717, 1.165) is 11.1 Å². The van der Waals surface area contributed by atoms with Gasteiger partial charge in [0.15, 0.2) is 0 Å². The van der Waals surface area contributed by atoms with E-state index < -0.39 is 56.3 Å². The molecule has 8 nitrogen and oxygen atoms in total. The number of aliphatic hydroxyl groups is 2. The van der Waals surface area contributed by atoms with Crippen LogP contribution in [0.5, 0.6) is 11.5 Å². The quantitative estimate of drug-likeness (QED) is 0.183. The first-order chi connectivity index (χ1) is 30.8. The largest absolute Gasteiger partial charge is 0.506 e. The van der Waals surface area contributed by atoms with E-state index in [1.165, 1.54) is 18.2 Å². The molecule has 4 aromatic carbocycles. The van der Waals surface area contributed by atoms with Crippen molar-refractivity contribution in [1.82, 2.24) is 0 Å². The van der Waals surface area contributed by atoms with Crippen LogP contribution < -0.4 is 9.47 Å². The number of carbonyl (C=O) groups is 4. The van der Waals surface area contributed by atoms with E-state index in [4.69, 9.17) is 9.47 Å². The van der Waals surface area contributed by atoms with Gasteiger partial charge in [-0.25, -0.2) is 0 Å². The zero-order chi connectivity index (χ0) is 48.3. The van der Waals surface area contributed by atoms with Crippen LogP contribution in [0, 0.1) is 10.8 Å². The van der Waals surface area contributed by atoms with Gasteiger partial charge in [0.2, 0.25) is 23.1 Å². The highest BCUT2D eigenvalue weighted by Gasteiger charge is 2.39. The van der Waals surface area contributed by atoms with Gasteiger partial charge in [0, 0.05) is 0 Å². The topological polar surface area (TPSA) is 127 Å². The van der Waals surface area contributed by atoms with Gasteiger partial charge in [0.25, 0.3) is 0 Å². The number of Topliss-reactive ketones (excluding diaryl/α,β-unsaturated/α-hetero) is 3. The average molecular weight is 885 g/mol. The van der Waals surface area contributed by atoms with Gasteiger partial charge >= 0.3 is 0 Å². The van der Waals surface area contributed by atoms with Gasteiger partial charge in [-0.15, -0.1) is 0 Å². The van der Waals surface area contributed by atoms with Crippen LogP contribution in [0.3, 0.4) is 0 Å². The Morgan fingerprint density at radius 3 is 1.20 bits per heavy atom. The van der Waals surface area contributed by atoms with E-state index in [0.29, 0.717) is 22.3 Å². The molecule has 66 heavy (non-hydrogen) atoms. The van der Waals surface area contributed by atoms with E-state index in [2.05, 4.69) is 0 Å². The summed E-state index contributed by atoms with van der Waals surface area (Å²) in [4.78, 5) is 61.5. The maximum Gasteiger partial charge on any atom is 0.200 e. The third-order valence-electron chi connectivity index (χ3n) is 12.3. The lowest BCUT2D eigenvalue weighted by atomic mass is 9.75. The number of rotatable bonds is 6. The normalized spacial score (nSPS) is 16.2. The van der Waals surface area contributed by atoms with Crippen molar-refractivity contribution in [3.63, 3.8) is 0 Å². The highest BCUT2D eigenvalue weighted by molar-refractivity contribution is 6.34. The molecule has 0 aromatic heterocycles. The number of aliphatic hydroxyl groups excluding tert-OH is 2. The Balaban J connectivity index is 1.69. The fourth-order valence-electron chi connectivity index (χ4n) is 7.98. The Labute approximate surface area is 388 Å². The van der Waals surface area contributed by atoms with Crippen LogP contribution in [0.25, 0.3) is 5.76 Å². The van der Waals surface area contributed by atoms with Crippen LogP contribution in [-0.2, 0) is 33.6 Å². The summed E-state index contributed by atoms with van der Waals surface area (Å²) in [6, 6.07) is 25.6. The summed E-state index contributed by atoms with van der Waals surface area (Å²) in [7, 11) is 0. The summed E-state index contributed by atoms with van der Waals surface area (Å²) < 4.78 is 13.3. The van der Waals surface area contributed by atoms with Crippen molar-refractivity contribution in [2.75, 3.05) is 0 Å². The molecule has 3 aliphatic carbocycles. The first-order valence-corrected chi connectivity index (χ1v) is 22.4. The zero-order valence-corrected chi connectivity index (χ0v) is 40.2. The van der Waals surface area contributed by atoms with Crippen molar-refractivity contribution in [2.45, 2.75) is 107 Å². The number of ketones is 4. The predicted molar refractivity (Wildman–Crippen MR) is 260 cm³/mol. The standard InChI is InChI=1S/C58H60O8/c1-55(2,3)35-23-39-47(59)40-24-36(56(4,5)6)26-42(49(40)61)51(63)44-28-38(58(10,11)12)30-46(54(44)66-32-34-21-17-14-18-22-34)52(64)45-29-37(57(7,8)9)27-43(50(62)41(25-35)48(39)60)53(45)65-31-33-19-15-13-16-20-33/h13-30,59,62H,31-32H2,1-12H3. The van der Waals surface area contributed by atoms with Gasteiger partial charge in [-0.2, -0.15) is 0 Å². The van der Waals surface area contributed by atoms with Crippen molar-refractivity contribution in [1.29, 1.82) is 0 Å². The molecule has 2 N–H and O–H groups in total.